The largest absolute Gasteiger partial charge is 0.481 e. The van der Waals surface area contributed by atoms with Crippen LogP contribution < -0.4 is 9.47 Å². The van der Waals surface area contributed by atoms with E-state index in [0.717, 1.165) is 25.8 Å². The van der Waals surface area contributed by atoms with Gasteiger partial charge < -0.3 is 14.6 Å². The molecule has 1 N–H and O–H groups in total. The molecule has 4 rings (SSSR count). The van der Waals surface area contributed by atoms with Crippen molar-refractivity contribution in [1.82, 2.24) is 14.9 Å². The first-order valence-corrected chi connectivity index (χ1v) is 10.9. The fourth-order valence-electron chi connectivity index (χ4n) is 4.79. The van der Waals surface area contributed by atoms with Gasteiger partial charge in [-0.05, 0) is 44.2 Å². The second-order valence-corrected chi connectivity index (χ2v) is 9.15. The second kappa shape index (κ2) is 7.97. The zero-order valence-corrected chi connectivity index (χ0v) is 17.7. The average Bonchev–Trinajstić information content (AvgIpc) is 3.24. The molecule has 0 amide bonds. The number of piperidine rings is 1. The Bertz CT molecular complexity index is 811. The first-order valence-electron chi connectivity index (χ1n) is 10.1. The third kappa shape index (κ3) is 3.63. The number of aryl methyl sites for hydroxylation is 1. The van der Waals surface area contributed by atoms with Crippen molar-refractivity contribution >= 4 is 11.3 Å². The van der Waals surface area contributed by atoms with Crippen LogP contribution >= 0.6 is 11.3 Å². The van der Waals surface area contributed by atoms with Crippen LogP contribution in [0, 0.1) is 0 Å². The maximum atomic E-state index is 11.5. The molecule has 152 valence electrons. The number of nitrogens with zero attached hydrogens (tertiary/aromatic N) is 3. The Labute approximate surface area is 170 Å². The SMILES string of the molecule is CCCc1ccc(CN2C3CCC2CC(O)(c2cnc(OC)nc2OC)C3)s1. The smallest absolute Gasteiger partial charge is 0.319 e. The summed E-state index contributed by atoms with van der Waals surface area (Å²) in [5.74, 6) is 0.407. The first-order chi connectivity index (χ1) is 13.6. The molecule has 0 spiro atoms. The molecule has 0 aliphatic carbocycles. The maximum absolute atomic E-state index is 11.5. The van der Waals surface area contributed by atoms with Gasteiger partial charge in [0, 0.05) is 34.6 Å². The quantitative estimate of drug-likeness (QED) is 0.763. The van der Waals surface area contributed by atoms with Crippen molar-refractivity contribution in [2.24, 2.45) is 0 Å². The van der Waals surface area contributed by atoms with Crippen LogP contribution in [0.2, 0.25) is 0 Å². The number of thiophene rings is 1. The van der Waals surface area contributed by atoms with Gasteiger partial charge >= 0.3 is 6.01 Å². The summed E-state index contributed by atoms with van der Waals surface area (Å²) in [5, 5.41) is 11.5. The summed E-state index contributed by atoms with van der Waals surface area (Å²) in [6.45, 7) is 3.21. The normalized spacial score (nSPS) is 27.1. The van der Waals surface area contributed by atoms with Gasteiger partial charge in [-0.3, -0.25) is 4.90 Å². The Balaban J connectivity index is 1.52. The maximum Gasteiger partial charge on any atom is 0.319 e. The van der Waals surface area contributed by atoms with E-state index in [-0.39, 0.29) is 6.01 Å². The van der Waals surface area contributed by atoms with Gasteiger partial charge in [-0.25, -0.2) is 4.98 Å². The highest BCUT2D eigenvalue weighted by Crippen LogP contribution is 2.48. The van der Waals surface area contributed by atoms with Gasteiger partial charge in [0.2, 0.25) is 5.88 Å². The Morgan fingerprint density at radius 3 is 2.54 bits per heavy atom. The molecular weight excluding hydrogens is 374 g/mol. The van der Waals surface area contributed by atoms with Crippen molar-refractivity contribution in [3.63, 3.8) is 0 Å². The van der Waals surface area contributed by atoms with Crippen molar-refractivity contribution in [3.8, 4) is 11.9 Å². The van der Waals surface area contributed by atoms with Gasteiger partial charge in [-0.1, -0.05) is 13.3 Å². The van der Waals surface area contributed by atoms with E-state index in [0.29, 0.717) is 36.4 Å². The van der Waals surface area contributed by atoms with Gasteiger partial charge in [0.05, 0.1) is 25.4 Å². The number of ether oxygens (including phenoxy) is 2. The molecule has 0 saturated carbocycles. The van der Waals surface area contributed by atoms with Crippen molar-refractivity contribution in [1.29, 1.82) is 0 Å². The molecule has 2 aromatic heterocycles. The third-order valence-corrected chi connectivity index (χ3v) is 7.21. The van der Waals surface area contributed by atoms with E-state index in [1.807, 2.05) is 11.3 Å². The van der Waals surface area contributed by atoms with Crippen LogP contribution in [0.5, 0.6) is 11.9 Å². The van der Waals surface area contributed by atoms with Gasteiger partial charge in [0.25, 0.3) is 0 Å². The highest BCUT2D eigenvalue weighted by molar-refractivity contribution is 7.11. The van der Waals surface area contributed by atoms with E-state index in [1.165, 1.54) is 23.3 Å². The lowest BCUT2D eigenvalue weighted by atomic mass is 9.81. The highest BCUT2D eigenvalue weighted by atomic mass is 32.1. The lowest BCUT2D eigenvalue weighted by molar-refractivity contribution is -0.0610. The molecule has 0 aromatic carbocycles. The number of methoxy groups -OCH3 is 2. The molecular formula is C21H29N3O3S. The number of aromatic nitrogens is 2. The van der Waals surface area contributed by atoms with E-state index < -0.39 is 5.60 Å². The van der Waals surface area contributed by atoms with Crippen LogP contribution in [0.4, 0.5) is 0 Å². The van der Waals surface area contributed by atoms with Crippen molar-refractivity contribution in [2.45, 2.75) is 69.7 Å². The van der Waals surface area contributed by atoms with Gasteiger partial charge in [-0.2, -0.15) is 4.98 Å². The molecule has 2 aliphatic rings. The number of aliphatic hydroxyl groups is 1. The van der Waals surface area contributed by atoms with E-state index >= 15 is 0 Å². The molecule has 2 fully saturated rings. The fourth-order valence-corrected chi connectivity index (χ4v) is 5.92. The summed E-state index contributed by atoms with van der Waals surface area (Å²) in [6, 6.07) is 5.53. The molecule has 6 nitrogen and oxygen atoms in total. The van der Waals surface area contributed by atoms with Crippen LogP contribution in [0.3, 0.4) is 0 Å². The molecule has 7 heteroatoms. The lowest BCUT2D eigenvalue weighted by Gasteiger charge is -2.43. The van der Waals surface area contributed by atoms with Crippen LogP contribution in [0.15, 0.2) is 18.3 Å². The predicted octanol–water partition coefficient (Wildman–Crippen LogP) is 3.52. The summed E-state index contributed by atoms with van der Waals surface area (Å²) >= 11 is 1.93. The molecule has 2 unspecified atom stereocenters. The van der Waals surface area contributed by atoms with Gasteiger partial charge in [0.15, 0.2) is 0 Å². The van der Waals surface area contributed by atoms with Gasteiger partial charge in [0.1, 0.15) is 0 Å². The first kappa shape index (κ1) is 19.6. The minimum Gasteiger partial charge on any atom is -0.481 e. The number of rotatable bonds is 7. The summed E-state index contributed by atoms with van der Waals surface area (Å²) in [6.07, 6.45) is 7.63. The molecule has 0 radical (unpaired) electrons. The van der Waals surface area contributed by atoms with Crippen molar-refractivity contribution in [3.05, 3.63) is 33.6 Å². The molecule has 2 atom stereocenters. The molecule has 4 heterocycles. The topological polar surface area (TPSA) is 67.7 Å². The molecule has 2 saturated heterocycles. The average molecular weight is 404 g/mol. The highest BCUT2D eigenvalue weighted by Gasteiger charge is 2.49. The molecule has 2 bridgehead atoms. The summed E-state index contributed by atoms with van der Waals surface area (Å²) in [7, 11) is 3.10. The number of fused-ring (bicyclic) bond motifs is 2. The summed E-state index contributed by atoms with van der Waals surface area (Å²) in [5.41, 5.74) is -0.281. The Hall–Kier alpha value is -1.70. The molecule has 2 aliphatic heterocycles. The monoisotopic (exact) mass is 403 g/mol. The third-order valence-electron chi connectivity index (χ3n) is 6.08. The summed E-state index contributed by atoms with van der Waals surface area (Å²) in [4.78, 5) is 14.0. The van der Waals surface area contributed by atoms with Crippen LogP contribution in [0.25, 0.3) is 0 Å². The van der Waals surface area contributed by atoms with Crippen LogP contribution in [-0.2, 0) is 18.6 Å². The van der Waals surface area contributed by atoms with Crippen LogP contribution in [0.1, 0.15) is 54.3 Å². The minimum atomic E-state index is -0.956. The van der Waals surface area contributed by atoms with E-state index in [9.17, 15) is 5.11 Å². The second-order valence-electron chi connectivity index (χ2n) is 7.89. The number of hydrogen-bond donors (Lipinski definition) is 1. The van der Waals surface area contributed by atoms with Crippen molar-refractivity contribution < 1.29 is 14.6 Å². The Morgan fingerprint density at radius 1 is 1.18 bits per heavy atom. The van der Waals surface area contributed by atoms with Crippen LogP contribution in [-0.4, -0.2) is 46.3 Å². The summed E-state index contributed by atoms with van der Waals surface area (Å²) < 4.78 is 10.5. The van der Waals surface area contributed by atoms with E-state index in [4.69, 9.17) is 9.47 Å². The van der Waals surface area contributed by atoms with E-state index in [2.05, 4.69) is 33.9 Å². The minimum absolute atomic E-state index is 0.255. The van der Waals surface area contributed by atoms with E-state index in [1.54, 1.807) is 13.3 Å². The van der Waals surface area contributed by atoms with Crippen molar-refractivity contribution in [2.75, 3.05) is 14.2 Å². The molecule has 2 aromatic rings. The Kier molecular flexibility index (Phi) is 5.58. The Morgan fingerprint density at radius 2 is 1.89 bits per heavy atom. The standard InChI is InChI=1S/C21H29N3O3S/c1-4-5-16-8-9-17(28-16)13-24-14-6-7-15(24)11-21(25,10-14)18-12-22-20(27-3)23-19(18)26-2/h8-9,12,14-15,25H,4-7,10-11,13H2,1-3H3. The number of hydrogen-bond acceptors (Lipinski definition) is 7. The lowest BCUT2D eigenvalue weighted by Crippen LogP contribution is -2.49. The predicted molar refractivity (Wildman–Crippen MR) is 109 cm³/mol. The van der Waals surface area contributed by atoms with Gasteiger partial charge in [-0.15, -0.1) is 11.3 Å². The molecule has 28 heavy (non-hydrogen) atoms. The zero-order valence-electron chi connectivity index (χ0n) is 16.9. The fraction of sp³-hybridized carbons (Fsp3) is 0.619. The zero-order chi connectivity index (χ0) is 19.7.